The summed E-state index contributed by atoms with van der Waals surface area (Å²) in [5, 5.41) is 11.4. The second kappa shape index (κ2) is 6.00. The van der Waals surface area contributed by atoms with Gasteiger partial charge in [-0.1, -0.05) is 6.92 Å². The Labute approximate surface area is 128 Å². The lowest BCUT2D eigenvalue weighted by molar-refractivity contribution is 0.597. The number of hydrogen-bond acceptors (Lipinski definition) is 6. The summed E-state index contributed by atoms with van der Waals surface area (Å²) in [6, 6.07) is 3.08. The summed E-state index contributed by atoms with van der Waals surface area (Å²) in [6.07, 6.45) is 2.55. The van der Waals surface area contributed by atoms with Gasteiger partial charge in [0.05, 0.1) is 10.9 Å². The molecule has 0 aliphatic heterocycles. The zero-order valence-corrected chi connectivity index (χ0v) is 13.5. The zero-order valence-electron chi connectivity index (χ0n) is 11.8. The molecule has 1 atom stereocenters. The highest BCUT2D eigenvalue weighted by molar-refractivity contribution is 7.89. The van der Waals surface area contributed by atoms with Crippen molar-refractivity contribution < 1.29 is 8.42 Å². The number of nitrogens with one attached hydrogen (secondary N) is 1. The third-order valence-corrected chi connectivity index (χ3v) is 5.10. The molecule has 0 aliphatic carbocycles. The predicted octanol–water partition coefficient (Wildman–Crippen LogP) is 2.24. The van der Waals surface area contributed by atoms with Crippen molar-refractivity contribution in [2.24, 2.45) is 5.14 Å². The fourth-order valence-electron chi connectivity index (χ4n) is 2.09. The summed E-state index contributed by atoms with van der Waals surface area (Å²) in [6.45, 7) is 3.73. The Morgan fingerprint density at radius 3 is 2.67 bits per heavy atom. The molecule has 6 nitrogen and oxygen atoms in total. The van der Waals surface area contributed by atoms with Gasteiger partial charge in [0, 0.05) is 23.0 Å². The lowest BCUT2D eigenvalue weighted by Crippen LogP contribution is -2.16. The minimum atomic E-state index is -3.81. The highest BCUT2D eigenvalue weighted by Gasteiger charge is 2.18. The minimum Gasteiger partial charge on any atom is -0.399 e. The molecule has 114 valence electrons. The van der Waals surface area contributed by atoms with Crippen LogP contribution in [0.1, 0.15) is 30.0 Å². The number of nitrogens with two attached hydrogens (primary N) is 2. The topological polar surface area (TPSA) is 111 Å². The van der Waals surface area contributed by atoms with E-state index in [1.807, 2.05) is 12.3 Å². The number of thiazole rings is 1. The van der Waals surface area contributed by atoms with E-state index < -0.39 is 10.0 Å². The minimum absolute atomic E-state index is 0.00108. The average molecular weight is 326 g/mol. The van der Waals surface area contributed by atoms with Crippen molar-refractivity contribution in [3.63, 3.8) is 0 Å². The maximum Gasteiger partial charge on any atom is 0.238 e. The third kappa shape index (κ3) is 3.52. The van der Waals surface area contributed by atoms with Crippen molar-refractivity contribution in [2.45, 2.75) is 31.2 Å². The van der Waals surface area contributed by atoms with E-state index in [-0.39, 0.29) is 10.9 Å². The Bertz CT molecular complexity index is 727. The SMILES string of the molecule is CCC(Nc1cc(N)cc(S(N)(=O)=O)c1C)c1nccs1. The van der Waals surface area contributed by atoms with Gasteiger partial charge in [0.1, 0.15) is 5.01 Å². The largest absolute Gasteiger partial charge is 0.399 e. The first kappa shape index (κ1) is 15.7. The molecule has 1 heterocycles. The molecule has 1 unspecified atom stereocenters. The first-order valence-corrected chi connectivity index (χ1v) is 8.84. The number of nitrogen functional groups attached to an aromatic ring is 1. The molecule has 1 aromatic heterocycles. The molecule has 2 aromatic rings. The first-order chi connectivity index (χ1) is 9.82. The van der Waals surface area contributed by atoms with E-state index >= 15 is 0 Å². The molecular formula is C13H18N4O2S2. The van der Waals surface area contributed by atoms with Crippen LogP contribution in [0.5, 0.6) is 0 Å². The van der Waals surface area contributed by atoms with Gasteiger partial charge in [-0.2, -0.15) is 0 Å². The standard InChI is InChI=1S/C13H18N4O2S2/c1-3-10(13-16-4-5-20-13)17-11-6-9(14)7-12(8(11)2)21(15,18)19/h4-7,10,17H,3,14H2,1-2H3,(H2,15,18,19). The lowest BCUT2D eigenvalue weighted by atomic mass is 10.1. The molecule has 0 bridgehead atoms. The summed E-state index contributed by atoms with van der Waals surface area (Å²) < 4.78 is 23.3. The molecule has 5 N–H and O–H groups in total. The third-order valence-electron chi connectivity index (χ3n) is 3.18. The molecule has 0 aliphatic rings. The van der Waals surface area contributed by atoms with Crippen LogP contribution in [0, 0.1) is 6.92 Å². The van der Waals surface area contributed by atoms with Gasteiger partial charge in [0.2, 0.25) is 10.0 Å². The Balaban J connectivity index is 2.43. The van der Waals surface area contributed by atoms with Crippen molar-refractivity contribution >= 4 is 32.7 Å². The molecule has 0 spiro atoms. The second-order valence-electron chi connectivity index (χ2n) is 4.71. The number of hydrogen-bond donors (Lipinski definition) is 3. The van der Waals surface area contributed by atoms with E-state index in [1.54, 1.807) is 30.5 Å². The summed E-state index contributed by atoms with van der Waals surface area (Å²) in [4.78, 5) is 4.33. The molecular weight excluding hydrogens is 308 g/mol. The molecule has 0 fully saturated rings. The van der Waals surface area contributed by atoms with Crippen molar-refractivity contribution in [3.8, 4) is 0 Å². The van der Waals surface area contributed by atoms with Gasteiger partial charge in [-0.25, -0.2) is 18.5 Å². The van der Waals surface area contributed by atoms with Crippen molar-refractivity contribution in [1.82, 2.24) is 4.98 Å². The summed E-state index contributed by atoms with van der Waals surface area (Å²) in [5.41, 5.74) is 7.35. The maximum atomic E-state index is 11.6. The van der Waals surface area contributed by atoms with Crippen LogP contribution >= 0.6 is 11.3 Å². The Hall–Kier alpha value is -1.64. The fraction of sp³-hybridized carbons (Fsp3) is 0.308. The van der Waals surface area contributed by atoms with Crippen LogP contribution in [0.4, 0.5) is 11.4 Å². The maximum absolute atomic E-state index is 11.6. The number of rotatable bonds is 5. The smallest absolute Gasteiger partial charge is 0.238 e. The van der Waals surface area contributed by atoms with Crippen molar-refractivity contribution in [3.05, 3.63) is 34.3 Å². The van der Waals surface area contributed by atoms with Gasteiger partial charge in [0.15, 0.2) is 0 Å². The van der Waals surface area contributed by atoms with E-state index in [4.69, 9.17) is 10.9 Å². The molecule has 2 rings (SSSR count). The molecule has 0 saturated carbocycles. The Kier molecular flexibility index (Phi) is 4.50. The van der Waals surface area contributed by atoms with Crippen LogP contribution in [0.3, 0.4) is 0 Å². The van der Waals surface area contributed by atoms with Gasteiger partial charge < -0.3 is 11.1 Å². The predicted molar refractivity (Wildman–Crippen MR) is 85.7 cm³/mol. The zero-order chi connectivity index (χ0) is 15.6. The van der Waals surface area contributed by atoms with E-state index in [0.29, 0.717) is 16.9 Å². The number of nitrogens with zero attached hydrogens (tertiary/aromatic N) is 1. The first-order valence-electron chi connectivity index (χ1n) is 6.41. The number of benzene rings is 1. The van der Waals surface area contributed by atoms with Gasteiger partial charge in [-0.15, -0.1) is 11.3 Å². The molecule has 0 amide bonds. The Morgan fingerprint density at radius 1 is 1.43 bits per heavy atom. The van der Waals surface area contributed by atoms with Crippen LogP contribution in [0.25, 0.3) is 0 Å². The van der Waals surface area contributed by atoms with Crippen molar-refractivity contribution in [2.75, 3.05) is 11.1 Å². The molecule has 1 aromatic carbocycles. The number of sulfonamides is 1. The van der Waals surface area contributed by atoms with Gasteiger partial charge in [0.25, 0.3) is 0 Å². The van der Waals surface area contributed by atoms with E-state index in [0.717, 1.165) is 11.4 Å². The van der Waals surface area contributed by atoms with Crippen molar-refractivity contribution in [1.29, 1.82) is 0 Å². The Morgan fingerprint density at radius 2 is 2.14 bits per heavy atom. The lowest BCUT2D eigenvalue weighted by Gasteiger charge is -2.19. The summed E-state index contributed by atoms with van der Waals surface area (Å²) >= 11 is 1.55. The fourth-order valence-corrected chi connectivity index (χ4v) is 3.70. The highest BCUT2D eigenvalue weighted by Crippen LogP contribution is 2.30. The molecule has 21 heavy (non-hydrogen) atoms. The summed E-state index contributed by atoms with van der Waals surface area (Å²) in [7, 11) is -3.81. The van der Waals surface area contributed by atoms with Crippen LogP contribution in [-0.4, -0.2) is 13.4 Å². The van der Waals surface area contributed by atoms with E-state index in [1.165, 1.54) is 6.07 Å². The van der Waals surface area contributed by atoms with E-state index in [9.17, 15) is 8.42 Å². The van der Waals surface area contributed by atoms with Gasteiger partial charge >= 0.3 is 0 Å². The quantitative estimate of drug-likeness (QED) is 0.730. The molecule has 0 saturated heterocycles. The molecule has 0 radical (unpaired) electrons. The number of aromatic nitrogens is 1. The van der Waals surface area contributed by atoms with Crippen LogP contribution < -0.4 is 16.2 Å². The summed E-state index contributed by atoms with van der Waals surface area (Å²) in [5.74, 6) is 0. The normalized spacial score (nSPS) is 13.1. The van der Waals surface area contributed by atoms with Gasteiger partial charge in [-0.05, 0) is 31.0 Å². The van der Waals surface area contributed by atoms with Crippen LogP contribution in [0.15, 0.2) is 28.6 Å². The second-order valence-corrected chi connectivity index (χ2v) is 7.17. The van der Waals surface area contributed by atoms with Crippen LogP contribution in [-0.2, 0) is 10.0 Å². The highest BCUT2D eigenvalue weighted by atomic mass is 32.2. The molecule has 8 heteroatoms. The number of primary sulfonamides is 1. The van der Waals surface area contributed by atoms with E-state index in [2.05, 4.69) is 10.3 Å². The average Bonchev–Trinajstić information content (AvgIpc) is 2.91. The number of anilines is 2. The van der Waals surface area contributed by atoms with Gasteiger partial charge in [-0.3, -0.25) is 0 Å². The van der Waals surface area contributed by atoms with Crippen LogP contribution in [0.2, 0.25) is 0 Å². The monoisotopic (exact) mass is 326 g/mol.